The first-order chi connectivity index (χ1) is 11.7. The molecule has 0 saturated carbocycles. The molecule has 3 saturated heterocycles. The molecule has 1 aromatic heterocycles. The SMILES string of the molecule is O=C(c1ccc(OC2CCSC2)nc1)N1CCC2(CC1)OCCO2. The van der Waals surface area contributed by atoms with Gasteiger partial charge in [-0.1, -0.05) is 0 Å². The normalized spacial score (nSPS) is 26.0. The Hall–Kier alpha value is -1.31. The highest BCUT2D eigenvalue weighted by Gasteiger charge is 2.40. The van der Waals surface area contributed by atoms with Gasteiger partial charge in [-0.2, -0.15) is 11.8 Å². The smallest absolute Gasteiger partial charge is 0.255 e. The van der Waals surface area contributed by atoms with Crippen molar-refractivity contribution < 1.29 is 19.0 Å². The lowest BCUT2D eigenvalue weighted by atomic mass is 10.0. The van der Waals surface area contributed by atoms with Crippen LogP contribution in [0.3, 0.4) is 0 Å². The van der Waals surface area contributed by atoms with Crippen molar-refractivity contribution in [2.75, 3.05) is 37.8 Å². The van der Waals surface area contributed by atoms with E-state index in [-0.39, 0.29) is 12.0 Å². The predicted octanol–water partition coefficient (Wildman–Crippen LogP) is 1.95. The molecule has 1 spiro atoms. The Kier molecular flexibility index (Phi) is 4.65. The maximum Gasteiger partial charge on any atom is 0.255 e. The zero-order chi connectivity index (χ0) is 16.4. The first-order valence-corrected chi connectivity index (χ1v) is 9.67. The minimum atomic E-state index is -0.452. The highest BCUT2D eigenvalue weighted by Crippen LogP contribution is 2.31. The van der Waals surface area contributed by atoms with Crippen LogP contribution >= 0.6 is 11.8 Å². The molecule has 1 amide bonds. The highest BCUT2D eigenvalue weighted by atomic mass is 32.2. The van der Waals surface area contributed by atoms with Crippen LogP contribution in [0.1, 0.15) is 29.6 Å². The van der Waals surface area contributed by atoms with Crippen LogP contribution < -0.4 is 4.74 Å². The van der Waals surface area contributed by atoms with E-state index < -0.39 is 5.79 Å². The molecule has 4 heterocycles. The van der Waals surface area contributed by atoms with Gasteiger partial charge in [0.2, 0.25) is 5.88 Å². The molecule has 1 aromatic rings. The first-order valence-electron chi connectivity index (χ1n) is 8.52. The summed E-state index contributed by atoms with van der Waals surface area (Å²) in [7, 11) is 0. The molecule has 4 rings (SSSR count). The largest absolute Gasteiger partial charge is 0.473 e. The zero-order valence-electron chi connectivity index (χ0n) is 13.6. The van der Waals surface area contributed by atoms with Gasteiger partial charge in [-0.05, 0) is 18.2 Å². The zero-order valence-corrected chi connectivity index (χ0v) is 14.4. The Bertz CT molecular complexity index is 573. The van der Waals surface area contributed by atoms with Crippen molar-refractivity contribution in [3.63, 3.8) is 0 Å². The van der Waals surface area contributed by atoms with Gasteiger partial charge in [-0.25, -0.2) is 4.98 Å². The molecule has 0 radical (unpaired) electrons. The number of carbonyl (C=O) groups excluding carboxylic acids is 1. The third kappa shape index (κ3) is 3.38. The van der Waals surface area contributed by atoms with Gasteiger partial charge >= 0.3 is 0 Å². The van der Waals surface area contributed by atoms with Gasteiger partial charge in [0.1, 0.15) is 6.10 Å². The van der Waals surface area contributed by atoms with Crippen molar-refractivity contribution in [2.45, 2.75) is 31.2 Å². The maximum absolute atomic E-state index is 12.6. The molecule has 3 fully saturated rings. The molecule has 3 aliphatic heterocycles. The van der Waals surface area contributed by atoms with E-state index in [0.717, 1.165) is 30.8 Å². The Morgan fingerprint density at radius 3 is 2.71 bits per heavy atom. The van der Waals surface area contributed by atoms with Gasteiger partial charge in [0.05, 0.1) is 18.8 Å². The number of aromatic nitrogens is 1. The van der Waals surface area contributed by atoms with Crippen molar-refractivity contribution >= 4 is 17.7 Å². The van der Waals surface area contributed by atoms with E-state index in [4.69, 9.17) is 14.2 Å². The number of hydrogen-bond acceptors (Lipinski definition) is 6. The monoisotopic (exact) mass is 350 g/mol. The van der Waals surface area contributed by atoms with Crippen molar-refractivity contribution in [1.82, 2.24) is 9.88 Å². The summed E-state index contributed by atoms with van der Waals surface area (Å²) in [5, 5.41) is 0. The number of rotatable bonds is 3. The van der Waals surface area contributed by atoms with Gasteiger partial charge in [0.15, 0.2) is 5.79 Å². The van der Waals surface area contributed by atoms with Crippen molar-refractivity contribution in [2.24, 2.45) is 0 Å². The van der Waals surface area contributed by atoms with Crippen LogP contribution in [0.15, 0.2) is 18.3 Å². The summed E-state index contributed by atoms with van der Waals surface area (Å²) in [5.74, 6) is 2.32. The third-order valence-corrected chi connectivity index (χ3v) is 5.92. The quantitative estimate of drug-likeness (QED) is 0.830. The molecule has 0 bridgehead atoms. The topological polar surface area (TPSA) is 60.9 Å². The molecule has 24 heavy (non-hydrogen) atoms. The summed E-state index contributed by atoms with van der Waals surface area (Å²) in [6.45, 7) is 2.60. The summed E-state index contributed by atoms with van der Waals surface area (Å²) >= 11 is 1.90. The molecule has 0 N–H and O–H groups in total. The number of thioether (sulfide) groups is 1. The number of pyridine rings is 1. The number of carbonyl (C=O) groups is 1. The second-order valence-corrected chi connectivity index (χ2v) is 7.54. The average Bonchev–Trinajstić information content (AvgIpc) is 3.28. The molecule has 1 atom stereocenters. The van der Waals surface area contributed by atoms with Gasteiger partial charge in [0.25, 0.3) is 5.91 Å². The summed E-state index contributed by atoms with van der Waals surface area (Å²) in [6.07, 6.45) is 4.38. The summed E-state index contributed by atoms with van der Waals surface area (Å²) < 4.78 is 17.2. The van der Waals surface area contributed by atoms with Crippen LogP contribution in [0, 0.1) is 0 Å². The standard InChI is InChI=1S/C17H22N2O4S/c20-16(19-6-4-17(5-7-19)21-8-9-22-17)13-1-2-15(18-11-13)23-14-3-10-24-12-14/h1-2,11,14H,3-10,12H2. The van der Waals surface area contributed by atoms with Crippen LogP contribution in [0.2, 0.25) is 0 Å². The highest BCUT2D eigenvalue weighted by molar-refractivity contribution is 7.99. The minimum Gasteiger partial charge on any atom is -0.473 e. The molecule has 1 unspecified atom stereocenters. The molecule has 6 nitrogen and oxygen atoms in total. The number of amides is 1. The first kappa shape index (κ1) is 16.2. The predicted molar refractivity (Wildman–Crippen MR) is 90.4 cm³/mol. The number of hydrogen-bond donors (Lipinski definition) is 0. The van der Waals surface area contributed by atoms with Gasteiger partial charge < -0.3 is 19.1 Å². The maximum atomic E-state index is 12.6. The molecule has 130 valence electrons. The summed E-state index contributed by atoms with van der Waals surface area (Å²) in [5.41, 5.74) is 0.604. The van der Waals surface area contributed by atoms with E-state index in [1.165, 1.54) is 0 Å². The second-order valence-electron chi connectivity index (χ2n) is 6.39. The van der Waals surface area contributed by atoms with Crippen LogP contribution in [-0.2, 0) is 9.47 Å². The minimum absolute atomic E-state index is 0.0123. The third-order valence-electron chi connectivity index (χ3n) is 4.78. The fourth-order valence-electron chi connectivity index (χ4n) is 3.37. The molecule has 7 heteroatoms. The van der Waals surface area contributed by atoms with Crippen molar-refractivity contribution in [1.29, 1.82) is 0 Å². The lowest BCUT2D eigenvalue weighted by Gasteiger charge is -2.37. The number of nitrogens with zero attached hydrogens (tertiary/aromatic N) is 2. The Morgan fingerprint density at radius 1 is 1.29 bits per heavy atom. The second kappa shape index (κ2) is 6.90. The van der Waals surface area contributed by atoms with E-state index in [1.54, 1.807) is 18.3 Å². The van der Waals surface area contributed by atoms with Gasteiger partial charge in [-0.15, -0.1) is 0 Å². The van der Waals surface area contributed by atoms with Gasteiger partial charge in [0, 0.05) is 43.9 Å². The van der Waals surface area contributed by atoms with Crippen LogP contribution in [0.5, 0.6) is 5.88 Å². The summed E-state index contributed by atoms with van der Waals surface area (Å²) in [4.78, 5) is 18.8. The van der Waals surface area contributed by atoms with Crippen LogP contribution in [0.4, 0.5) is 0 Å². The Labute approximate surface area is 145 Å². The summed E-state index contributed by atoms with van der Waals surface area (Å²) in [6, 6.07) is 3.60. The van der Waals surface area contributed by atoms with Crippen molar-refractivity contribution in [3.8, 4) is 5.88 Å². The van der Waals surface area contributed by atoms with E-state index in [0.29, 0.717) is 37.7 Å². The van der Waals surface area contributed by atoms with Crippen LogP contribution in [-0.4, -0.2) is 65.5 Å². The lowest BCUT2D eigenvalue weighted by molar-refractivity contribution is -0.181. The van der Waals surface area contributed by atoms with E-state index in [9.17, 15) is 4.79 Å². The number of likely N-dealkylation sites (tertiary alicyclic amines) is 1. The number of ether oxygens (including phenoxy) is 3. The van der Waals surface area contributed by atoms with Gasteiger partial charge in [-0.3, -0.25) is 4.79 Å². The van der Waals surface area contributed by atoms with Crippen LogP contribution in [0.25, 0.3) is 0 Å². The lowest BCUT2D eigenvalue weighted by Crippen LogP contribution is -2.47. The van der Waals surface area contributed by atoms with E-state index in [1.807, 2.05) is 16.7 Å². The Balaban J connectivity index is 1.34. The van der Waals surface area contributed by atoms with Crippen molar-refractivity contribution in [3.05, 3.63) is 23.9 Å². The van der Waals surface area contributed by atoms with E-state index in [2.05, 4.69) is 4.98 Å². The molecular weight excluding hydrogens is 328 g/mol. The Morgan fingerprint density at radius 2 is 2.08 bits per heavy atom. The number of piperidine rings is 1. The van der Waals surface area contributed by atoms with E-state index >= 15 is 0 Å². The fourth-order valence-corrected chi connectivity index (χ4v) is 4.47. The fraction of sp³-hybridized carbons (Fsp3) is 0.647. The molecule has 0 aromatic carbocycles. The molecular formula is C17H22N2O4S. The molecule has 3 aliphatic rings. The average molecular weight is 350 g/mol. The molecule has 0 aliphatic carbocycles.